The third kappa shape index (κ3) is 1.26. The second-order valence-corrected chi connectivity index (χ2v) is 4.89. The van der Waals surface area contributed by atoms with E-state index in [2.05, 4.69) is 25.7 Å². The van der Waals surface area contributed by atoms with Crippen LogP contribution in [0.5, 0.6) is 0 Å². The molecule has 2 aliphatic heterocycles. The van der Waals surface area contributed by atoms with Gasteiger partial charge in [-0.2, -0.15) is 0 Å². The fourth-order valence-electron chi connectivity index (χ4n) is 2.07. The minimum absolute atomic E-state index is 0.0185. The number of rotatable bonds is 0. The van der Waals surface area contributed by atoms with E-state index in [4.69, 9.17) is 4.74 Å². The van der Waals surface area contributed by atoms with Crippen LogP contribution in [0.3, 0.4) is 0 Å². The molecule has 13 heavy (non-hydrogen) atoms. The Balaban J connectivity index is 2.22. The zero-order chi connectivity index (χ0) is 9.64. The summed E-state index contributed by atoms with van der Waals surface area (Å²) in [6.07, 6.45) is 2.11. The van der Waals surface area contributed by atoms with Gasteiger partial charge in [0.15, 0.2) is 6.23 Å². The van der Waals surface area contributed by atoms with Crippen LogP contribution in [0, 0.1) is 5.41 Å². The van der Waals surface area contributed by atoms with Gasteiger partial charge in [-0.25, -0.2) is 0 Å². The molecule has 1 N–H and O–H groups in total. The fraction of sp³-hybridized carbons (Fsp3) is 0.800. The maximum Gasteiger partial charge on any atom is 0.298 e. The highest BCUT2D eigenvalue weighted by Crippen LogP contribution is 2.40. The van der Waals surface area contributed by atoms with E-state index in [1.165, 1.54) is 0 Å². The number of fused-ring (bicyclic) bond motifs is 1. The van der Waals surface area contributed by atoms with Crippen molar-refractivity contribution >= 4 is 0 Å². The lowest BCUT2D eigenvalue weighted by Crippen LogP contribution is -2.39. The summed E-state index contributed by atoms with van der Waals surface area (Å²) >= 11 is 0. The molecule has 1 fully saturated rings. The quantitative estimate of drug-likeness (QED) is 0.625. The minimum Gasteiger partial charge on any atom is -0.480 e. The van der Waals surface area contributed by atoms with Crippen molar-refractivity contribution < 1.29 is 9.84 Å². The van der Waals surface area contributed by atoms with E-state index >= 15 is 0 Å². The van der Waals surface area contributed by atoms with E-state index in [1.54, 1.807) is 0 Å². The monoisotopic (exact) mass is 183 g/mol. The molecule has 2 aliphatic rings. The maximum atomic E-state index is 9.55. The van der Waals surface area contributed by atoms with E-state index in [9.17, 15) is 5.11 Å². The van der Waals surface area contributed by atoms with E-state index in [0.717, 1.165) is 25.1 Å². The van der Waals surface area contributed by atoms with E-state index in [0.29, 0.717) is 0 Å². The molecule has 0 saturated carbocycles. The molecule has 0 spiro atoms. The molecular formula is C10H17NO2. The van der Waals surface area contributed by atoms with Gasteiger partial charge < -0.3 is 14.7 Å². The Morgan fingerprint density at radius 2 is 2.15 bits per heavy atom. The first kappa shape index (κ1) is 8.73. The Hall–Kier alpha value is -0.860. The van der Waals surface area contributed by atoms with Crippen molar-refractivity contribution in [3.63, 3.8) is 0 Å². The molecule has 0 aliphatic carbocycles. The third-order valence-corrected chi connectivity index (χ3v) is 2.65. The van der Waals surface area contributed by atoms with Crippen molar-refractivity contribution in [3.8, 4) is 0 Å². The van der Waals surface area contributed by atoms with Crippen molar-refractivity contribution in [2.75, 3.05) is 6.54 Å². The Morgan fingerprint density at radius 1 is 1.46 bits per heavy atom. The zero-order valence-electron chi connectivity index (χ0n) is 8.50. The summed E-state index contributed by atoms with van der Waals surface area (Å²) in [7, 11) is 0. The van der Waals surface area contributed by atoms with Gasteiger partial charge in [-0.15, -0.1) is 0 Å². The number of ether oxygens (including phenoxy) is 1. The standard InChI is InChI=1S/C10H17NO2/c1-10(2,3)9-11-6-4-5-7(11)8(12)13-9/h9,12H,4-6H2,1-3H3/t9-/m1/s1. The number of aliphatic hydroxyl groups is 1. The van der Waals surface area contributed by atoms with Crippen molar-refractivity contribution in [1.82, 2.24) is 4.90 Å². The predicted octanol–water partition coefficient (Wildman–Crippen LogP) is 2.21. The molecule has 0 aromatic heterocycles. The summed E-state index contributed by atoms with van der Waals surface area (Å²) in [4.78, 5) is 2.19. The molecular weight excluding hydrogens is 166 g/mol. The highest BCUT2D eigenvalue weighted by Gasteiger charge is 2.42. The Kier molecular flexibility index (Phi) is 1.72. The van der Waals surface area contributed by atoms with Gasteiger partial charge in [-0.3, -0.25) is 0 Å². The van der Waals surface area contributed by atoms with Crippen molar-refractivity contribution in [2.45, 2.75) is 39.8 Å². The number of allylic oxidation sites excluding steroid dienone is 1. The number of aliphatic hydroxyl groups excluding tert-OH is 1. The average molecular weight is 183 g/mol. The Morgan fingerprint density at radius 3 is 2.77 bits per heavy atom. The van der Waals surface area contributed by atoms with Crippen LogP contribution in [-0.4, -0.2) is 22.8 Å². The van der Waals surface area contributed by atoms with Crippen molar-refractivity contribution in [1.29, 1.82) is 0 Å². The van der Waals surface area contributed by atoms with Crippen LogP contribution in [-0.2, 0) is 4.74 Å². The lowest BCUT2D eigenvalue weighted by Gasteiger charge is -2.33. The molecule has 2 rings (SSSR count). The molecule has 1 saturated heterocycles. The van der Waals surface area contributed by atoms with Crippen molar-refractivity contribution in [3.05, 3.63) is 11.6 Å². The fourth-order valence-corrected chi connectivity index (χ4v) is 2.07. The molecule has 0 unspecified atom stereocenters. The normalized spacial score (nSPS) is 27.9. The van der Waals surface area contributed by atoms with E-state index in [-0.39, 0.29) is 17.6 Å². The van der Waals surface area contributed by atoms with Crippen LogP contribution in [0.25, 0.3) is 0 Å². The van der Waals surface area contributed by atoms with Crippen molar-refractivity contribution in [2.24, 2.45) is 5.41 Å². The summed E-state index contributed by atoms with van der Waals surface area (Å²) in [6, 6.07) is 0. The van der Waals surface area contributed by atoms with Crippen LogP contribution in [0.4, 0.5) is 0 Å². The molecule has 0 radical (unpaired) electrons. The molecule has 3 nitrogen and oxygen atoms in total. The predicted molar refractivity (Wildman–Crippen MR) is 49.9 cm³/mol. The van der Waals surface area contributed by atoms with Gasteiger partial charge in [0.05, 0.1) is 5.70 Å². The molecule has 74 valence electrons. The number of hydrogen-bond donors (Lipinski definition) is 1. The van der Waals surface area contributed by atoms with Gasteiger partial charge in [0.25, 0.3) is 5.95 Å². The van der Waals surface area contributed by atoms with Crippen LogP contribution in [0.15, 0.2) is 11.6 Å². The molecule has 0 amide bonds. The zero-order valence-corrected chi connectivity index (χ0v) is 8.50. The average Bonchev–Trinajstić information content (AvgIpc) is 2.51. The Labute approximate surface area is 79.0 Å². The highest BCUT2D eigenvalue weighted by atomic mass is 16.6. The van der Waals surface area contributed by atoms with Gasteiger partial charge in [0, 0.05) is 12.0 Å². The van der Waals surface area contributed by atoms with Crippen LogP contribution in [0.1, 0.15) is 33.6 Å². The SMILES string of the molecule is CC(C)(C)[C@H]1OC(O)=C2CCCN21. The molecule has 0 aromatic carbocycles. The van der Waals surface area contributed by atoms with E-state index in [1.807, 2.05) is 0 Å². The molecule has 2 heterocycles. The van der Waals surface area contributed by atoms with Gasteiger partial charge in [-0.1, -0.05) is 20.8 Å². The molecule has 1 atom stereocenters. The lowest BCUT2D eigenvalue weighted by molar-refractivity contribution is -0.0648. The lowest BCUT2D eigenvalue weighted by atomic mass is 9.93. The molecule has 3 heteroatoms. The second-order valence-electron chi connectivity index (χ2n) is 4.89. The smallest absolute Gasteiger partial charge is 0.298 e. The largest absolute Gasteiger partial charge is 0.480 e. The van der Waals surface area contributed by atoms with Crippen LogP contribution < -0.4 is 0 Å². The van der Waals surface area contributed by atoms with Crippen LogP contribution >= 0.6 is 0 Å². The first-order valence-corrected chi connectivity index (χ1v) is 4.85. The number of hydrogen-bond acceptors (Lipinski definition) is 3. The van der Waals surface area contributed by atoms with Gasteiger partial charge in [0.2, 0.25) is 0 Å². The third-order valence-electron chi connectivity index (χ3n) is 2.65. The first-order valence-electron chi connectivity index (χ1n) is 4.85. The van der Waals surface area contributed by atoms with Gasteiger partial charge in [0.1, 0.15) is 0 Å². The highest BCUT2D eigenvalue weighted by molar-refractivity contribution is 5.13. The summed E-state index contributed by atoms with van der Waals surface area (Å²) in [6.45, 7) is 7.41. The summed E-state index contributed by atoms with van der Waals surface area (Å²) in [5.74, 6) is 0.150. The summed E-state index contributed by atoms with van der Waals surface area (Å²) < 4.78 is 5.45. The van der Waals surface area contributed by atoms with Crippen LogP contribution in [0.2, 0.25) is 0 Å². The van der Waals surface area contributed by atoms with Gasteiger partial charge >= 0.3 is 0 Å². The van der Waals surface area contributed by atoms with E-state index < -0.39 is 0 Å². The number of nitrogens with zero attached hydrogens (tertiary/aromatic N) is 1. The second kappa shape index (κ2) is 2.56. The minimum atomic E-state index is 0.0185. The first-order chi connectivity index (χ1) is 6.00. The summed E-state index contributed by atoms with van der Waals surface area (Å²) in [5, 5.41) is 9.55. The summed E-state index contributed by atoms with van der Waals surface area (Å²) in [5.41, 5.74) is 1.06. The molecule has 0 aromatic rings. The maximum absolute atomic E-state index is 9.55. The topological polar surface area (TPSA) is 32.7 Å². The molecule has 0 bridgehead atoms. The van der Waals surface area contributed by atoms with Gasteiger partial charge in [-0.05, 0) is 12.8 Å². The Bertz CT molecular complexity index is 252.